The first-order valence-electron chi connectivity index (χ1n) is 14.0. The Labute approximate surface area is 202 Å². The Morgan fingerprint density at radius 1 is 0.812 bits per heavy atom. The molecular weight excluding hydrogens is 388 g/mol. The lowest BCUT2D eigenvalue weighted by atomic mass is 9.29. The van der Waals surface area contributed by atoms with Gasteiger partial charge in [0.1, 0.15) is 7.28 Å². The van der Waals surface area contributed by atoms with Gasteiger partial charge in [-0.25, -0.2) is 0 Å². The molecule has 0 aromatic rings. The van der Waals surface area contributed by atoms with Gasteiger partial charge < -0.3 is 5.32 Å². The van der Waals surface area contributed by atoms with Crippen LogP contribution < -0.4 is 5.32 Å². The highest BCUT2D eigenvalue weighted by Crippen LogP contribution is 2.49. The van der Waals surface area contributed by atoms with Gasteiger partial charge in [-0.1, -0.05) is 128 Å². The van der Waals surface area contributed by atoms with E-state index in [0.717, 1.165) is 51.4 Å². The van der Waals surface area contributed by atoms with E-state index in [1.54, 1.807) is 0 Å². The van der Waals surface area contributed by atoms with E-state index in [2.05, 4.69) is 47.2 Å². The van der Waals surface area contributed by atoms with Crippen LogP contribution in [-0.2, 0) is 4.79 Å². The zero-order valence-electron chi connectivity index (χ0n) is 22.3. The first-order chi connectivity index (χ1) is 15.0. The van der Waals surface area contributed by atoms with Crippen LogP contribution in [0.1, 0.15) is 150 Å². The summed E-state index contributed by atoms with van der Waals surface area (Å²) in [5.74, 6) is 0.256. The zero-order chi connectivity index (χ0) is 23.7. The Balaban J connectivity index is 2.04. The Bertz CT molecular complexity index is 568. The maximum Gasteiger partial charge on any atom is 0.226 e. The van der Waals surface area contributed by atoms with Crippen molar-refractivity contribution in [2.45, 2.75) is 166 Å². The molecule has 2 atom stereocenters. The standard InChI is InChI=1S/C28H52B2NO/c1-6-17-25(2,3)31-24(32)26(4)18-12-11-15-22-28(29,23-16-19-26)30-27(5)20-13-9-7-8-10-14-21-27/h6-23H2,1-5H3,(H,31,32). The van der Waals surface area contributed by atoms with Crippen molar-refractivity contribution in [2.24, 2.45) is 5.41 Å². The predicted molar refractivity (Wildman–Crippen MR) is 142 cm³/mol. The highest BCUT2D eigenvalue weighted by Gasteiger charge is 2.39. The number of amides is 1. The van der Waals surface area contributed by atoms with E-state index in [0.29, 0.717) is 0 Å². The first kappa shape index (κ1) is 27.8. The summed E-state index contributed by atoms with van der Waals surface area (Å²) in [5.41, 5.74) is -0.396. The van der Waals surface area contributed by atoms with Crippen LogP contribution in [0.25, 0.3) is 0 Å². The monoisotopic (exact) mass is 440 g/mol. The van der Waals surface area contributed by atoms with Crippen molar-refractivity contribution < 1.29 is 4.79 Å². The highest BCUT2D eigenvalue weighted by atomic mass is 16.2. The van der Waals surface area contributed by atoms with Gasteiger partial charge in [0.2, 0.25) is 5.91 Å². The summed E-state index contributed by atoms with van der Waals surface area (Å²) in [6.45, 7) is 11.2. The van der Waals surface area contributed by atoms with Gasteiger partial charge in [0.25, 0.3) is 0 Å². The quantitative estimate of drug-likeness (QED) is 0.415. The molecule has 181 valence electrons. The molecule has 0 spiro atoms. The summed E-state index contributed by atoms with van der Waals surface area (Å²) < 4.78 is 0. The Hall–Kier alpha value is -0.400. The fourth-order valence-electron chi connectivity index (χ4n) is 6.45. The molecule has 0 aromatic carbocycles. The van der Waals surface area contributed by atoms with Gasteiger partial charge in [-0.15, -0.1) is 0 Å². The number of hydrogen-bond acceptors (Lipinski definition) is 1. The number of nitrogens with one attached hydrogen (secondary N) is 1. The molecule has 2 unspecified atom stereocenters. The largest absolute Gasteiger partial charge is 0.351 e. The normalized spacial score (nSPS) is 30.9. The van der Waals surface area contributed by atoms with Crippen LogP contribution in [0.4, 0.5) is 0 Å². The third kappa shape index (κ3) is 9.09. The van der Waals surface area contributed by atoms with E-state index in [9.17, 15) is 4.79 Å². The molecule has 4 heteroatoms. The van der Waals surface area contributed by atoms with E-state index in [4.69, 9.17) is 7.85 Å². The molecule has 2 aliphatic carbocycles. The summed E-state index contributed by atoms with van der Waals surface area (Å²) in [6, 6.07) is 0. The van der Waals surface area contributed by atoms with Gasteiger partial charge in [0, 0.05) is 11.0 Å². The van der Waals surface area contributed by atoms with Crippen LogP contribution in [0, 0.1) is 5.41 Å². The van der Waals surface area contributed by atoms with Crippen molar-refractivity contribution in [2.75, 3.05) is 0 Å². The molecule has 0 heterocycles. The maximum atomic E-state index is 13.4. The molecule has 2 nitrogen and oxygen atoms in total. The number of carbonyl (C=O) groups is 1. The molecule has 2 aliphatic rings. The summed E-state index contributed by atoms with van der Waals surface area (Å²) in [5, 5.41) is 3.48. The lowest BCUT2D eigenvalue weighted by molar-refractivity contribution is -0.133. The minimum Gasteiger partial charge on any atom is -0.351 e. The molecule has 32 heavy (non-hydrogen) atoms. The number of hydrogen-bond donors (Lipinski definition) is 1. The van der Waals surface area contributed by atoms with Crippen LogP contribution in [-0.4, -0.2) is 26.6 Å². The Kier molecular flexibility index (Phi) is 10.7. The average molecular weight is 440 g/mol. The molecule has 3 radical (unpaired) electrons. The zero-order valence-corrected chi connectivity index (χ0v) is 22.3. The topological polar surface area (TPSA) is 29.1 Å². The van der Waals surface area contributed by atoms with Crippen molar-refractivity contribution in [1.29, 1.82) is 0 Å². The van der Waals surface area contributed by atoms with Crippen molar-refractivity contribution in [3.63, 3.8) is 0 Å². The molecule has 2 fully saturated rings. The van der Waals surface area contributed by atoms with Gasteiger partial charge >= 0.3 is 0 Å². The lowest BCUT2D eigenvalue weighted by Gasteiger charge is -2.42. The Morgan fingerprint density at radius 3 is 1.91 bits per heavy atom. The van der Waals surface area contributed by atoms with E-state index in [1.807, 2.05) is 0 Å². The molecule has 2 saturated carbocycles. The minimum absolute atomic E-state index is 0.124. The lowest BCUT2D eigenvalue weighted by Crippen LogP contribution is -2.49. The average Bonchev–Trinajstić information content (AvgIpc) is 2.79. The van der Waals surface area contributed by atoms with Crippen LogP contribution >= 0.6 is 0 Å². The van der Waals surface area contributed by atoms with Gasteiger partial charge in [-0.2, -0.15) is 0 Å². The van der Waals surface area contributed by atoms with Crippen molar-refractivity contribution in [3.05, 3.63) is 0 Å². The second-order valence-corrected chi connectivity index (χ2v) is 12.7. The van der Waals surface area contributed by atoms with Gasteiger partial charge in [-0.3, -0.25) is 4.79 Å². The Morgan fingerprint density at radius 2 is 1.28 bits per heavy atom. The third-order valence-electron chi connectivity index (χ3n) is 8.50. The molecule has 0 aliphatic heterocycles. The van der Waals surface area contributed by atoms with Crippen LogP contribution in [0.2, 0.25) is 10.5 Å². The van der Waals surface area contributed by atoms with Crippen LogP contribution in [0.5, 0.6) is 0 Å². The van der Waals surface area contributed by atoms with E-state index in [1.165, 1.54) is 64.2 Å². The summed E-state index contributed by atoms with van der Waals surface area (Å²) in [6.07, 6.45) is 21.6. The van der Waals surface area contributed by atoms with Crippen LogP contribution in [0.15, 0.2) is 0 Å². The van der Waals surface area contributed by atoms with Gasteiger partial charge in [-0.05, 0) is 33.1 Å². The molecule has 1 N–H and O–H groups in total. The fourth-order valence-corrected chi connectivity index (χ4v) is 6.45. The second-order valence-electron chi connectivity index (χ2n) is 12.7. The molecule has 1 amide bonds. The van der Waals surface area contributed by atoms with Gasteiger partial charge in [0.15, 0.2) is 0 Å². The maximum absolute atomic E-state index is 13.4. The minimum atomic E-state index is -0.273. The summed E-state index contributed by atoms with van der Waals surface area (Å²) >= 11 is 0. The molecule has 0 bridgehead atoms. The molecule has 2 rings (SSSR count). The van der Waals surface area contributed by atoms with Crippen LogP contribution in [0.3, 0.4) is 0 Å². The highest BCUT2D eigenvalue weighted by molar-refractivity contribution is 6.56. The third-order valence-corrected chi connectivity index (χ3v) is 8.50. The first-order valence-corrected chi connectivity index (χ1v) is 14.0. The van der Waals surface area contributed by atoms with Crippen molar-refractivity contribution in [3.8, 4) is 0 Å². The van der Waals surface area contributed by atoms with Crippen molar-refractivity contribution in [1.82, 2.24) is 5.32 Å². The summed E-state index contributed by atoms with van der Waals surface area (Å²) in [4.78, 5) is 13.4. The predicted octanol–water partition coefficient (Wildman–Crippen LogP) is 8.12. The smallest absolute Gasteiger partial charge is 0.226 e. The van der Waals surface area contributed by atoms with Crippen molar-refractivity contribution >= 4 is 21.0 Å². The fraction of sp³-hybridized carbons (Fsp3) is 0.964. The van der Waals surface area contributed by atoms with Gasteiger partial charge in [0.05, 0.1) is 7.85 Å². The molecule has 0 saturated heterocycles. The number of rotatable bonds is 6. The molecule has 0 aromatic heterocycles. The number of carbonyl (C=O) groups excluding carboxylic acids is 1. The molecular formula is C28H52B2NO. The summed E-state index contributed by atoms with van der Waals surface area (Å²) in [7, 11) is 9.74. The van der Waals surface area contributed by atoms with E-state index in [-0.39, 0.29) is 27.4 Å². The van der Waals surface area contributed by atoms with E-state index < -0.39 is 0 Å². The SMILES string of the molecule is [B]C1([B]C2(C)CCCCCCCC2)CCCCCC(C)(C(=O)NC(C)(C)CCC)CCC1. The second kappa shape index (κ2) is 12.3. The van der Waals surface area contributed by atoms with E-state index >= 15 is 0 Å².